The molecule has 1 N–H and O–H groups in total. The number of benzene rings is 2. The van der Waals surface area contributed by atoms with E-state index in [0.29, 0.717) is 17.9 Å². The standard InChI is InChI=1S/C21H24ClNO3S/c1-21(2)11-18(16-10-15(25-3)8-9-19(16)26-21)23-20(24)13-27-12-14-6-4-5-7-17(14)22/h4-10,18H,11-13H2,1-3H3,(H,23,24). The number of ether oxygens (including phenoxy) is 2. The monoisotopic (exact) mass is 405 g/mol. The van der Waals surface area contributed by atoms with E-state index in [2.05, 4.69) is 5.32 Å². The Balaban J connectivity index is 1.64. The fourth-order valence-electron chi connectivity index (χ4n) is 3.19. The summed E-state index contributed by atoms with van der Waals surface area (Å²) in [6.07, 6.45) is 0.702. The number of hydrogen-bond donors (Lipinski definition) is 1. The van der Waals surface area contributed by atoms with Crippen molar-refractivity contribution in [2.45, 2.75) is 37.7 Å². The van der Waals surface area contributed by atoms with E-state index >= 15 is 0 Å². The fraction of sp³-hybridized carbons (Fsp3) is 0.381. The molecule has 0 radical (unpaired) electrons. The first-order valence-electron chi connectivity index (χ1n) is 8.85. The van der Waals surface area contributed by atoms with E-state index in [0.717, 1.165) is 27.6 Å². The van der Waals surface area contributed by atoms with Crippen LogP contribution in [0, 0.1) is 0 Å². The second-order valence-corrected chi connectivity index (χ2v) is 8.57. The van der Waals surface area contributed by atoms with Gasteiger partial charge in [0.05, 0.1) is 18.9 Å². The zero-order chi connectivity index (χ0) is 19.4. The number of halogens is 1. The molecule has 2 aromatic carbocycles. The maximum atomic E-state index is 12.5. The molecule has 27 heavy (non-hydrogen) atoms. The lowest BCUT2D eigenvalue weighted by Gasteiger charge is -2.38. The van der Waals surface area contributed by atoms with Crippen molar-refractivity contribution in [1.82, 2.24) is 5.32 Å². The molecule has 0 bridgehead atoms. The summed E-state index contributed by atoms with van der Waals surface area (Å²) in [6, 6.07) is 13.3. The van der Waals surface area contributed by atoms with Crippen LogP contribution < -0.4 is 14.8 Å². The summed E-state index contributed by atoms with van der Waals surface area (Å²) >= 11 is 7.73. The van der Waals surface area contributed by atoms with E-state index in [1.807, 2.05) is 56.3 Å². The molecule has 1 aliphatic rings. The molecule has 6 heteroatoms. The van der Waals surface area contributed by atoms with Gasteiger partial charge in [-0.2, -0.15) is 0 Å². The second-order valence-electron chi connectivity index (χ2n) is 7.17. The van der Waals surface area contributed by atoms with Crippen LogP contribution in [0.1, 0.15) is 37.4 Å². The van der Waals surface area contributed by atoms with Gasteiger partial charge in [-0.15, -0.1) is 11.8 Å². The van der Waals surface area contributed by atoms with Gasteiger partial charge in [0.2, 0.25) is 5.91 Å². The number of amides is 1. The minimum atomic E-state index is -0.343. The molecular weight excluding hydrogens is 382 g/mol. The van der Waals surface area contributed by atoms with Crippen molar-refractivity contribution in [3.05, 3.63) is 58.6 Å². The van der Waals surface area contributed by atoms with E-state index in [9.17, 15) is 4.79 Å². The van der Waals surface area contributed by atoms with Crippen molar-refractivity contribution in [3.63, 3.8) is 0 Å². The van der Waals surface area contributed by atoms with E-state index in [4.69, 9.17) is 21.1 Å². The highest BCUT2D eigenvalue weighted by atomic mass is 35.5. The highest BCUT2D eigenvalue weighted by Gasteiger charge is 2.34. The van der Waals surface area contributed by atoms with Crippen LogP contribution >= 0.6 is 23.4 Å². The number of hydrogen-bond acceptors (Lipinski definition) is 4. The number of methoxy groups -OCH3 is 1. The summed E-state index contributed by atoms with van der Waals surface area (Å²) < 4.78 is 11.4. The lowest BCUT2D eigenvalue weighted by molar-refractivity contribution is -0.119. The maximum absolute atomic E-state index is 12.5. The van der Waals surface area contributed by atoms with Crippen LogP contribution in [0.25, 0.3) is 0 Å². The zero-order valence-electron chi connectivity index (χ0n) is 15.8. The first-order chi connectivity index (χ1) is 12.9. The highest BCUT2D eigenvalue weighted by Crippen LogP contribution is 2.41. The van der Waals surface area contributed by atoms with Gasteiger partial charge < -0.3 is 14.8 Å². The summed E-state index contributed by atoms with van der Waals surface area (Å²) in [5, 5.41) is 3.89. The van der Waals surface area contributed by atoms with Crippen LogP contribution in [0.2, 0.25) is 5.02 Å². The van der Waals surface area contributed by atoms with E-state index in [1.165, 1.54) is 0 Å². The van der Waals surface area contributed by atoms with Crippen molar-refractivity contribution in [3.8, 4) is 11.5 Å². The largest absolute Gasteiger partial charge is 0.497 e. The van der Waals surface area contributed by atoms with Crippen LogP contribution in [0.3, 0.4) is 0 Å². The minimum Gasteiger partial charge on any atom is -0.497 e. The number of rotatable bonds is 6. The molecule has 1 aliphatic heterocycles. The van der Waals surface area contributed by atoms with Gasteiger partial charge in [-0.1, -0.05) is 29.8 Å². The maximum Gasteiger partial charge on any atom is 0.230 e. The highest BCUT2D eigenvalue weighted by molar-refractivity contribution is 7.99. The SMILES string of the molecule is COc1ccc2c(c1)C(NC(=O)CSCc1ccccc1Cl)CC(C)(C)O2. The van der Waals surface area contributed by atoms with Crippen LogP contribution in [0.5, 0.6) is 11.5 Å². The molecular formula is C21H24ClNO3S. The number of fused-ring (bicyclic) bond motifs is 1. The molecule has 0 spiro atoms. The van der Waals surface area contributed by atoms with Gasteiger partial charge in [-0.25, -0.2) is 0 Å². The molecule has 1 atom stereocenters. The summed E-state index contributed by atoms with van der Waals surface area (Å²) in [7, 11) is 1.63. The molecule has 0 aromatic heterocycles. The van der Waals surface area contributed by atoms with Crippen molar-refractivity contribution in [2.75, 3.05) is 12.9 Å². The normalized spacial score (nSPS) is 17.6. The average Bonchev–Trinajstić information content (AvgIpc) is 2.62. The Kier molecular flexibility index (Phi) is 6.22. The van der Waals surface area contributed by atoms with Crippen LogP contribution in [0.15, 0.2) is 42.5 Å². The third-order valence-electron chi connectivity index (χ3n) is 4.46. The topological polar surface area (TPSA) is 47.6 Å². The third kappa shape index (κ3) is 5.11. The van der Waals surface area contributed by atoms with Crippen LogP contribution in [0.4, 0.5) is 0 Å². The molecule has 0 saturated carbocycles. The molecule has 144 valence electrons. The Hall–Kier alpha value is -1.85. The van der Waals surface area contributed by atoms with Crippen molar-refractivity contribution >= 4 is 29.3 Å². The molecule has 1 heterocycles. The number of carbonyl (C=O) groups excluding carboxylic acids is 1. The molecule has 3 rings (SSSR count). The Bertz CT molecular complexity index is 825. The van der Waals surface area contributed by atoms with Gasteiger partial charge in [0.1, 0.15) is 17.1 Å². The summed E-state index contributed by atoms with van der Waals surface area (Å²) in [5.41, 5.74) is 1.65. The van der Waals surface area contributed by atoms with Crippen molar-refractivity contribution < 1.29 is 14.3 Å². The summed E-state index contributed by atoms with van der Waals surface area (Å²) in [4.78, 5) is 12.5. The lowest BCUT2D eigenvalue weighted by atomic mass is 9.89. The van der Waals surface area contributed by atoms with Gasteiger partial charge in [0.25, 0.3) is 0 Å². The Morgan fingerprint density at radius 3 is 2.85 bits per heavy atom. The van der Waals surface area contributed by atoms with Gasteiger partial charge in [0, 0.05) is 22.8 Å². The number of carbonyl (C=O) groups is 1. The predicted octanol–water partition coefficient (Wildman–Crippen LogP) is 5.00. The molecule has 1 unspecified atom stereocenters. The van der Waals surface area contributed by atoms with E-state index < -0.39 is 0 Å². The van der Waals surface area contributed by atoms with Gasteiger partial charge in [-0.3, -0.25) is 4.79 Å². The van der Waals surface area contributed by atoms with Gasteiger partial charge >= 0.3 is 0 Å². The molecule has 4 nitrogen and oxygen atoms in total. The first-order valence-corrected chi connectivity index (χ1v) is 10.4. The van der Waals surface area contributed by atoms with Crippen molar-refractivity contribution in [2.24, 2.45) is 0 Å². The fourth-order valence-corrected chi connectivity index (χ4v) is 4.32. The van der Waals surface area contributed by atoms with E-state index in [-0.39, 0.29) is 17.6 Å². The van der Waals surface area contributed by atoms with Gasteiger partial charge in [0.15, 0.2) is 0 Å². The Morgan fingerprint density at radius 1 is 1.33 bits per heavy atom. The quantitative estimate of drug-likeness (QED) is 0.734. The van der Waals surface area contributed by atoms with Crippen LogP contribution in [-0.2, 0) is 10.5 Å². The Morgan fingerprint density at radius 2 is 2.11 bits per heavy atom. The van der Waals surface area contributed by atoms with Crippen molar-refractivity contribution in [1.29, 1.82) is 0 Å². The van der Waals surface area contributed by atoms with Crippen LogP contribution in [-0.4, -0.2) is 24.4 Å². The molecule has 2 aromatic rings. The molecule has 0 aliphatic carbocycles. The smallest absolute Gasteiger partial charge is 0.230 e. The summed E-state index contributed by atoms with van der Waals surface area (Å²) in [6.45, 7) is 4.07. The lowest BCUT2D eigenvalue weighted by Crippen LogP contribution is -2.41. The van der Waals surface area contributed by atoms with E-state index in [1.54, 1.807) is 18.9 Å². The molecule has 1 amide bonds. The zero-order valence-corrected chi connectivity index (χ0v) is 17.3. The van der Waals surface area contributed by atoms with Gasteiger partial charge in [-0.05, 0) is 43.7 Å². The minimum absolute atomic E-state index is 0.00326. The third-order valence-corrected chi connectivity index (χ3v) is 5.81. The number of nitrogens with one attached hydrogen (secondary N) is 1. The number of thioether (sulfide) groups is 1. The molecule has 0 saturated heterocycles. The predicted molar refractivity (Wildman–Crippen MR) is 111 cm³/mol. The average molecular weight is 406 g/mol. The summed E-state index contributed by atoms with van der Waals surface area (Å²) in [5.74, 6) is 2.63. The second kappa shape index (κ2) is 8.44. The molecule has 0 fully saturated rings. The Labute approximate surface area is 169 Å². The first kappa shape index (κ1) is 19.9.